The van der Waals surface area contributed by atoms with E-state index in [1.54, 1.807) is 32.2 Å². The number of halogens is 1. The molecule has 7 heteroatoms. The first-order valence-corrected chi connectivity index (χ1v) is 7.29. The molecule has 0 bridgehead atoms. The maximum absolute atomic E-state index is 12.1. The van der Waals surface area contributed by atoms with Crippen LogP contribution in [-0.2, 0) is 4.79 Å². The highest BCUT2D eigenvalue weighted by Crippen LogP contribution is 2.34. The number of carboxylic acid groups (broad SMARTS) is 1. The van der Waals surface area contributed by atoms with Crippen LogP contribution in [0.2, 0.25) is 0 Å². The number of amides is 1. The van der Waals surface area contributed by atoms with Gasteiger partial charge in [-0.25, -0.2) is 9.78 Å². The third kappa shape index (κ3) is 2.23. The van der Waals surface area contributed by atoms with E-state index in [4.69, 9.17) is 0 Å². The van der Waals surface area contributed by atoms with Gasteiger partial charge in [0.05, 0.1) is 11.1 Å². The molecule has 0 saturated carbocycles. The zero-order chi connectivity index (χ0) is 16.0. The third-order valence-corrected chi connectivity index (χ3v) is 4.03. The Morgan fingerprint density at radius 2 is 2.14 bits per heavy atom. The lowest BCUT2D eigenvalue weighted by atomic mass is 10.1. The van der Waals surface area contributed by atoms with E-state index in [9.17, 15) is 14.7 Å². The standard InChI is InChI=1S/C15H12BrN3O3/c1-6-11(18-7(2)12(6)15(21)22)4-10-9-3-8(16)5-17-13(9)19-14(10)20/h3-5,18H,1-2H3,(H,21,22)(H,17,19,20)/b10-4-. The predicted molar refractivity (Wildman–Crippen MR) is 85.7 cm³/mol. The molecule has 0 radical (unpaired) electrons. The second-order valence-electron chi connectivity index (χ2n) is 5.03. The van der Waals surface area contributed by atoms with Crippen molar-refractivity contribution in [1.29, 1.82) is 0 Å². The lowest BCUT2D eigenvalue weighted by Crippen LogP contribution is -2.04. The molecule has 22 heavy (non-hydrogen) atoms. The molecule has 0 unspecified atom stereocenters. The maximum Gasteiger partial charge on any atom is 0.337 e. The smallest absolute Gasteiger partial charge is 0.337 e. The first kappa shape index (κ1) is 14.5. The Morgan fingerprint density at radius 1 is 1.41 bits per heavy atom. The Hall–Kier alpha value is -2.41. The summed E-state index contributed by atoms with van der Waals surface area (Å²) < 4.78 is 0.763. The number of pyridine rings is 1. The Kier molecular flexibility index (Phi) is 3.37. The molecule has 2 aromatic heterocycles. The minimum Gasteiger partial charge on any atom is -0.478 e. The minimum absolute atomic E-state index is 0.234. The van der Waals surface area contributed by atoms with Gasteiger partial charge in [0.25, 0.3) is 5.91 Å². The van der Waals surface area contributed by atoms with Crippen LogP contribution in [0.5, 0.6) is 0 Å². The van der Waals surface area contributed by atoms with E-state index in [1.165, 1.54) is 0 Å². The lowest BCUT2D eigenvalue weighted by Gasteiger charge is -1.99. The van der Waals surface area contributed by atoms with Crippen molar-refractivity contribution < 1.29 is 14.7 Å². The highest BCUT2D eigenvalue weighted by molar-refractivity contribution is 9.10. The average Bonchev–Trinajstić information content (AvgIpc) is 2.88. The summed E-state index contributed by atoms with van der Waals surface area (Å²) in [6, 6.07) is 1.80. The van der Waals surface area contributed by atoms with Gasteiger partial charge >= 0.3 is 5.97 Å². The van der Waals surface area contributed by atoms with Crippen molar-refractivity contribution in [1.82, 2.24) is 9.97 Å². The minimum atomic E-state index is -0.989. The van der Waals surface area contributed by atoms with E-state index in [1.807, 2.05) is 0 Å². The number of aryl methyl sites for hydroxylation is 1. The topological polar surface area (TPSA) is 95.1 Å². The Labute approximate surface area is 134 Å². The number of aromatic amines is 1. The maximum atomic E-state index is 12.1. The van der Waals surface area contributed by atoms with Crippen molar-refractivity contribution in [2.24, 2.45) is 0 Å². The van der Waals surface area contributed by atoms with E-state index in [0.29, 0.717) is 33.9 Å². The number of nitrogens with one attached hydrogen (secondary N) is 2. The number of nitrogens with zero attached hydrogens (tertiary/aromatic N) is 1. The third-order valence-electron chi connectivity index (χ3n) is 3.60. The fourth-order valence-electron chi connectivity index (χ4n) is 2.57. The van der Waals surface area contributed by atoms with Gasteiger partial charge in [0.1, 0.15) is 5.82 Å². The summed E-state index contributed by atoms with van der Waals surface area (Å²) in [6.45, 7) is 3.41. The zero-order valence-corrected chi connectivity index (χ0v) is 13.4. The van der Waals surface area contributed by atoms with Gasteiger partial charge in [0, 0.05) is 27.6 Å². The highest BCUT2D eigenvalue weighted by atomic mass is 79.9. The number of hydrogen-bond donors (Lipinski definition) is 3. The number of aromatic nitrogens is 2. The molecule has 6 nitrogen and oxygen atoms in total. The number of carboxylic acids is 1. The molecule has 3 heterocycles. The quantitative estimate of drug-likeness (QED) is 0.716. The van der Waals surface area contributed by atoms with Gasteiger partial charge in [-0.1, -0.05) is 0 Å². The molecule has 1 aliphatic heterocycles. The second-order valence-corrected chi connectivity index (χ2v) is 5.95. The number of aromatic carboxylic acids is 1. The Bertz CT molecular complexity index is 852. The van der Waals surface area contributed by atoms with E-state index in [2.05, 4.69) is 31.2 Å². The zero-order valence-electron chi connectivity index (χ0n) is 11.8. The number of H-pyrrole nitrogens is 1. The highest BCUT2D eigenvalue weighted by Gasteiger charge is 2.26. The first-order chi connectivity index (χ1) is 10.4. The summed E-state index contributed by atoms with van der Waals surface area (Å²) in [7, 11) is 0. The van der Waals surface area contributed by atoms with Crippen molar-refractivity contribution in [3.05, 3.63) is 44.8 Å². The summed E-state index contributed by atoms with van der Waals surface area (Å²) in [6.07, 6.45) is 3.26. The van der Waals surface area contributed by atoms with Crippen LogP contribution in [0.15, 0.2) is 16.7 Å². The summed E-state index contributed by atoms with van der Waals surface area (Å²) in [5.41, 5.74) is 3.13. The van der Waals surface area contributed by atoms with Crippen molar-refractivity contribution >= 4 is 45.3 Å². The van der Waals surface area contributed by atoms with E-state index in [0.717, 1.165) is 4.47 Å². The largest absolute Gasteiger partial charge is 0.478 e. The van der Waals surface area contributed by atoms with Crippen LogP contribution >= 0.6 is 15.9 Å². The molecule has 1 aliphatic rings. The van der Waals surface area contributed by atoms with Crippen LogP contribution in [0, 0.1) is 13.8 Å². The molecule has 112 valence electrons. The van der Waals surface area contributed by atoms with E-state index in [-0.39, 0.29) is 11.5 Å². The number of rotatable bonds is 2. The van der Waals surface area contributed by atoms with Crippen LogP contribution in [0.4, 0.5) is 5.82 Å². The SMILES string of the molecule is Cc1[nH]c(/C=C2\C(=O)Nc3ncc(Br)cc32)c(C)c1C(=O)O. The number of anilines is 1. The molecule has 0 atom stereocenters. The van der Waals surface area contributed by atoms with Crippen LogP contribution in [0.25, 0.3) is 11.6 Å². The number of hydrogen-bond acceptors (Lipinski definition) is 3. The molecule has 1 amide bonds. The molecule has 0 saturated heterocycles. The van der Waals surface area contributed by atoms with Gasteiger partial charge < -0.3 is 15.4 Å². The second kappa shape index (κ2) is 5.10. The molecule has 0 spiro atoms. The molecule has 3 rings (SSSR count). The molecule has 0 aromatic carbocycles. The average molecular weight is 362 g/mol. The van der Waals surface area contributed by atoms with Crippen LogP contribution in [0.1, 0.15) is 32.9 Å². The fourth-order valence-corrected chi connectivity index (χ4v) is 2.90. The van der Waals surface area contributed by atoms with Gasteiger partial charge in [0.2, 0.25) is 0 Å². The van der Waals surface area contributed by atoms with Crippen LogP contribution in [-0.4, -0.2) is 27.0 Å². The van der Waals surface area contributed by atoms with Crippen molar-refractivity contribution in [2.45, 2.75) is 13.8 Å². The van der Waals surface area contributed by atoms with Crippen LogP contribution in [0.3, 0.4) is 0 Å². The molecule has 3 N–H and O–H groups in total. The summed E-state index contributed by atoms with van der Waals surface area (Å²) in [4.78, 5) is 30.6. The van der Waals surface area contributed by atoms with Crippen molar-refractivity contribution in [3.63, 3.8) is 0 Å². The molecule has 0 fully saturated rings. The molecule has 2 aromatic rings. The number of carbonyl (C=O) groups excluding carboxylic acids is 1. The van der Waals surface area contributed by atoms with Crippen LogP contribution < -0.4 is 5.32 Å². The normalized spacial score (nSPS) is 15.0. The molecule has 0 aliphatic carbocycles. The Morgan fingerprint density at radius 3 is 2.77 bits per heavy atom. The van der Waals surface area contributed by atoms with Gasteiger partial charge in [-0.05, 0) is 47.5 Å². The van der Waals surface area contributed by atoms with Crippen molar-refractivity contribution in [3.8, 4) is 0 Å². The van der Waals surface area contributed by atoms with Gasteiger partial charge in [-0.3, -0.25) is 4.79 Å². The Balaban J connectivity index is 2.15. The lowest BCUT2D eigenvalue weighted by molar-refractivity contribution is -0.110. The molecular weight excluding hydrogens is 350 g/mol. The van der Waals surface area contributed by atoms with Crippen molar-refractivity contribution in [2.75, 3.05) is 5.32 Å². The summed E-state index contributed by atoms with van der Waals surface area (Å²) in [5.74, 6) is -0.750. The fraction of sp³-hybridized carbons (Fsp3) is 0.133. The monoisotopic (exact) mass is 361 g/mol. The van der Waals surface area contributed by atoms with Gasteiger partial charge in [0.15, 0.2) is 0 Å². The number of carbonyl (C=O) groups is 2. The number of fused-ring (bicyclic) bond motifs is 1. The summed E-state index contributed by atoms with van der Waals surface area (Å²) in [5, 5.41) is 11.9. The van der Waals surface area contributed by atoms with Gasteiger partial charge in [-0.2, -0.15) is 0 Å². The predicted octanol–water partition coefficient (Wildman–Crippen LogP) is 2.98. The van der Waals surface area contributed by atoms with Gasteiger partial charge in [-0.15, -0.1) is 0 Å². The summed E-state index contributed by atoms with van der Waals surface area (Å²) >= 11 is 3.33. The first-order valence-electron chi connectivity index (χ1n) is 6.50. The van der Waals surface area contributed by atoms with E-state index < -0.39 is 5.97 Å². The molecular formula is C15H12BrN3O3. The van der Waals surface area contributed by atoms with E-state index >= 15 is 0 Å².